The zero-order chi connectivity index (χ0) is 28.0. The van der Waals surface area contributed by atoms with E-state index in [9.17, 15) is 40.2 Å². The third-order valence-corrected chi connectivity index (χ3v) is 6.21. The van der Waals surface area contributed by atoms with Crippen molar-refractivity contribution in [3.8, 4) is 17.0 Å². The lowest BCUT2D eigenvalue weighted by Gasteiger charge is -2.32. The molecule has 1 aliphatic heterocycles. The number of pyridine rings is 1. The van der Waals surface area contributed by atoms with Crippen LogP contribution >= 0.6 is 0 Å². The van der Waals surface area contributed by atoms with Gasteiger partial charge in [0.25, 0.3) is 5.60 Å². The van der Waals surface area contributed by atoms with Gasteiger partial charge in [-0.1, -0.05) is 24.3 Å². The average Bonchev–Trinajstić information content (AvgIpc) is 3.27. The first-order valence-electron chi connectivity index (χ1n) is 11.0. The average molecular weight is 545 g/mol. The van der Waals surface area contributed by atoms with E-state index < -0.39 is 53.4 Å². The van der Waals surface area contributed by atoms with Crippen molar-refractivity contribution in [1.82, 2.24) is 4.98 Å². The van der Waals surface area contributed by atoms with Crippen LogP contribution in [0.5, 0.6) is 5.88 Å². The summed E-state index contributed by atoms with van der Waals surface area (Å²) in [6.07, 6.45) is -11.9. The zero-order valence-corrected chi connectivity index (χ0v) is 19.7. The number of aliphatic hydroxyl groups is 1. The Bertz CT molecular complexity index is 1360. The number of hydrogen-bond donors (Lipinski definition) is 1. The summed E-state index contributed by atoms with van der Waals surface area (Å²) in [7, 11) is 1.45. The molecule has 4 rings (SSSR count). The molecule has 0 fully saturated rings. The van der Waals surface area contributed by atoms with E-state index in [0.717, 1.165) is 17.7 Å². The monoisotopic (exact) mass is 545 g/mol. The molecule has 0 saturated carbocycles. The van der Waals surface area contributed by atoms with Gasteiger partial charge in [0, 0.05) is 30.3 Å². The Morgan fingerprint density at radius 1 is 0.947 bits per heavy atom. The van der Waals surface area contributed by atoms with E-state index in [1.807, 2.05) is 0 Å². The minimum absolute atomic E-state index is 0.169. The normalized spacial score (nSPS) is 16.6. The molecule has 0 radical (unpaired) electrons. The third kappa shape index (κ3) is 4.66. The molecule has 0 saturated heterocycles. The Hall–Kier alpha value is -3.74. The molecule has 202 valence electrons. The first kappa shape index (κ1) is 27.3. The van der Waals surface area contributed by atoms with Gasteiger partial charge in [-0.05, 0) is 35.7 Å². The minimum atomic E-state index is -6.17. The first-order valence-corrected chi connectivity index (χ1v) is 11.0. The van der Waals surface area contributed by atoms with Gasteiger partial charge in [-0.15, -0.1) is 0 Å². The Morgan fingerprint density at radius 3 is 2.11 bits per heavy atom. The van der Waals surface area contributed by atoms with Crippen molar-refractivity contribution in [3.63, 3.8) is 0 Å². The molecule has 2 aromatic carbocycles. The number of aromatic nitrogens is 1. The highest BCUT2D eigenvalue weighted by atomic mass is 19.4. The van der Waals surface area contributed by atoms with Crippen molar-refractivity contribution in [1.29, 1.82) is 0 Å². The topological polar surface area (TPSA) is 58.0 Å². The van der Waals surface area contributed by atoms with E-state index in [4.69, 9.17) is 4.74 Å². The maximum atomic E-state index is 14.6. The highest BCUT2D eigenvalue weighted by Gasteiger charge is 2.74. The van der Waals surface area contributed by atoms with Crippen molar-refractivity contribution in [2.45, 2.75) is 37.3 Å². The second kappa shape index (κ2) is 9.53. The number of anilines is 1. The highest BCUT2D eigenvalue weighted by molar-refractivity contribution is 5.97. The van der Waals surface area contributed by atoms with Crippen LogP contribution in [0.15, 0.2) is 59.8 Å². The smallest absolute Gasteiger partial charge is 0.431 e. The molecule has 1 aromatic heterocycles. The molecule has 5 nitrogen and oxygen atoms in total. The lowest BCUT2D eigenvalue weighted by Crippen LogP contribution is -2.62. The maximum absolute atomic E-state index is 14.6. The van der Waals surface area contributed by atoms with Gasteiger partial charge >= 0.3 is 12.4 Å². The number of halogens is 8. The van der Waals surface area contributed by atoms with Crippen molar-refractivity contribution in [3.05, 3.63) is 77.5 Å². The Morgan fingerprint density at radius 2 is 1.58 bits per heavy atom. The largest absolute Gasteiger partial charge is 0.481 e. The number of aryl methyl sites for hydroxylation is 1. The highest BCUT2D eigenvalue weighted by Crippen LogP contribution is 2.49. The quantitative estimate of drug-likeness (QED) is 0.372. The van der Waals surface area contributed by atoms with Gasteiger partial charge in [0.15, 0.2) is 5.82 Å². The number of nitrogens with zero attached hydrogens (tertiary/aromatic N) is 3. The van der Waals surface area contributed by atoms with E-state index in [1.165, 1.54) is 25.4 Å². The number of benzene rings is 2. The number of hydrazone groups is 1. The summed E-state index contributed by atoms with van der Waals surface area (Å²) in [5, 5.41) is 13.9. The summed E-state index contributed by atoms with van der Waals surface area (Å²) in [6, 6.07) is 8.30. The summed E-state index contributed by atoms with van der Waals surface area (Å²) < 4.78 is 115. The van der Waals surface area contributed by atoms with Crippen LogP contribution < -0.4 is 9.75 Å². The van der Waals surface area contributed by atoms with Crippen LogP contribution in [0.4, 0.5) is 40.8 Å². The van der Waals surface area contributed by atoms with E-state index in [-0.39, 0.29) is 5.56 Å². The molecule has 38 heavy (non-hydrogen) atoms. The second-order valence-corrected chi connectivity index (χ2v) is 8.58. The molecule has 3 aromatic rings. The van der Waals surface area contributed by atoms with Crippen molar-refractivity contribution in [2.75, 3.05) is 12.1 Å². The number of methoxy groups -OCH3 is 1. The summed E-state index contributed by atoms with van der Waals surface area (Å²) in [4.78, 5) is 4.12. The van der Waals surface area contributed by atoms with Gasteiger partial charge in [-0.3, -0.25) is 5.01 Å². The number of alkyl halides is 6. The molecule has 2 heterocycles. The maximum Gasteiger partial charge on any atom is 0.431 e. The SMILES string of the molecule is COc1cc(C)c(-c2ccc(C3CC(C(O)(C(F)(F)F)C(F)(F)F)=NN3c3ccc(F)cc3F)cc2)cn1. The lowest BCUT2D eigenvalue weighted by molar-refractivity contribution is -0.338. The predicted octanol–water partition coefficient (Wildman–Crippen LogP) is 6.51. The van der Waals surface area contributed by atoms with Crippen LogP contribution in [0.1, 0.15) is 23.6 Å². The van der Waals surface area contributed by atoms with Gasteiger partial charge in [0.05, 0.1) is 24.6 Å². The number of ether oxygens (including phenoxy) is 1. The van der Waals surface area contributed by atoms with Gasteiger partial charge in [0.1, 0.15) is 5.82 Å². The fourth-order valence-corrected chi connectivity index (χ4v) is 4.19. The molecule has 1 atom stereocenters. The molecule has 0 aliphatic carbocycles. The fourth-order valence-electron chi connectivity index (χ4n) is 4.19. The van der Waals surface area contributed by atoms with Crippen molar-refractivity contribution in [2.24, 2.45) is 5.10 Å². The molecule has 0 bridgehead atoms. The van der Waals surface area contributed by atoms with Crippen LogP contribution in [-0.4, -0.2) is 40.9 Å². The van der Waals surface area contributed by atoms with Crippen LogP contribution in [0.2, 0.25) is 0 Å². The molecule has 1 aliphatic rings. The summed E-state index contributed by atoms with van der Waals surface area (Å²) in [5.41, 5.74) is -5.26. The van der Waals surface area contributed by atoms with Gasteiger partial charge in [-0.25, -0.2) is 13.8 Å². The van der Waals surface area contributed by atoms with Gasteiger partial charge < -0.3 is 9.84 Å². The molecule has 0 spiro atoms. The van der Waals surface area contributed by atoms with E-state index in [0.29, 0.717) is 28.1 Å². The zero-order valence-electron chi connectivity index (χ0n) is 19.7. The number of hydrogen-bond acceptors (Lipinski definition) is 5. The summed E-state index contributed by atoms with van der Waals surface area (Å²) in [5.74, 6) is -1.91. The summed E-state index contributed by atoms with van der Waals surface area (Å²) in [6.45, 7) is 1.79. The van der Waals surface area contributed by atoms with Crippen LogP contribution in [0.25, 0.3) is 11.1 Å². The molecular formula is C25H19F8N3O2. The lowest BCUT2D eigenvalue weighted by atomic mass is 9.89. The first-order chi connectivity index (χ1) is 17.7. The Balaban J connectivity index is 1.79. The van der Waals surface area contributed by atoms with E-state index in [2.05, 4.69) is 10.1 Å². The fraction of sp³-hybridized carbons (Fsp3) is 0.280. The van der Waals surface area contributed by atoms with Crippen molar-refractivity contribution < 1.29 is 45.0 Å². The Kier molecular flexibility index (Phi) is 6.85. The van der Waals surface area contributed by atoms with Crippen LogP contribution in [0.3, 0.4) is 0 Å². The van der Waals surface area contributed by atoms with Crippen LogP contribution in [0, 0.1) is 18.6 Å². The predicted molar refractivity (Wildman–Crippen MR) is 122 cm³/mol. The van der Waals surface area contributed by atoms with Gasteiger partial charge in [0.2, 0.25) is 5.88 Å². The molecule has 1 N–H and O–H groups in total. The van der Waals surface area contributed by atoms with E-state index >= 15 is 0 Å². The second-order valence-electron chi connectivity index (χ2n) is 8.58. The Labute approximate surface area is 211 Å². The molecule has 1 unspecified atom stereocenters. The summed E-state index contributed by atoms with van der Waals surface area (Å²) >= 11 is 0. The number of rotatable bonds is 5. The third-order valence-electron chi connectivity index (χ3n) is 6.21. The van der Waals surface area contributed by atoms with Crippen molar-refractivity contribution >= 4 is 11.4 Å². The molecule has 0 amide bonds. The van der Waals surface area contributed by atoms with Gasteiger partial charge in [-0.2, -0.15) is 31.4 Å². The molecule has 13 heteroatoms. The molecular weight excluding hydrogens is 526 g/mol. The van der Waals surface area contributed by atoms with Crippen LogP contribution in [-0.2, 0) is 0 Å². The van der Waals surface area contributed by atoms with E-state index in [1.54, 1.807) is 25.1 Å². The standard InChI is InChI=1S/C25H19F8N3O2/c1-13-9-22(38-2)34-12-17(13)14-3-5-15(6-4-14)20-11-21(23(37,24(28,29)30)25(31,32)33)35-36(20)19-8-7-16(26)10-18(19)27/h3-10,12,20,37H,11H2,1-2H3. The minimum Gasteiger partial charge on any atom is -0.481 e.